The van der Waals surface area contributed by atoms with Crippen LogP contribution in [0, 0.1) is 6.92 Å². The number of aryl methyl sites for hydroxylation is 1. The molecule has 2 aromatic rings. The van der Waals surface area contributed by atoms with E-state index in [2.05, 4.69) is 40.2 Å². The molecule has 1 aromatic heterocycles. The molecule has 20 heavy (non-hydrogen) atoms. The van der Waals surface area contributed by atoms with Gasteiger partial charge in [-0.1, -0.05) is 31.2 Å². The van der Waals surface area contributed by atoms with Gasteiger partial charge >= 0.3 is 0 Å². The minimum Gasteiger partial charge on any atom is -0.354 e. The third-order valence-electron chi connectivity index (χ3n) is 2.94. The van der Waals surface area contributed by atoms with Crippen molar-refractivity contribution < 1.29 is 0 Å². The first-order chi connectivity index (χ1) is 9.61. The van der Waals surface area contributed by atoms with Crippen molar-refractivity contribution in [1.29, 1.82) is 0 Å². The molecule has 0 aliphatic heterocycles. The van der Waals surface area contributed by atoms with Crippen LogP contribution in [-0.4, -0.2) is 35.6 Å². The quantitative estimate of drug-likeness (QED) is 0.906. The van der Waals surface area contributed by atoms with Gasteiger partial charge in [0.1, 0.15) is 0 Å². The third-order valence-corrected chi connectivity index (χ3v) is 2.94. The van der Waals surface area contributed by atoms with Crippen LogP contribution < -0.4 is 10.2 Å². The molecule has 5 nitrogen and oxygen atoms in total. The average Bonchev–Trinajstić information content (AvgIpc) is 2.45. The fourth-order valence-corrected chi connectivity index (χ4v) is 1.82. The molecule has 1 N–H and O–H groups in total. The summed E-state index contributed by atoms with van der Waals surface area (Å²) in [6.07, 6.45) is 1.03. The molecule has 0 saturated heterocycles. The minimum absolute atomic E-state index is 0.629. The molecule has 0 aliphatic carbocycles. The second kappa shape index (κ2) is 6.32. The highest BCUT2D eigenvalue weighted by Crippen LogP contribution is 2.22. The van der Waals surface area contributed by atoms with Crippen molar-refractivity contribution >= 4 is 11.9 Å². The number of benzene rings is 1. The largest absolute Gasteiger partial charge is 0.354 e. The lowest BCUT2D eigenvalue weighted by atomic mass is 10.1. The Labute approximate surface area is 120 Å². The van der Waals surface area contributed by atoms with Gasteiger partial charge in [0, 0.05) is 26.2 Å². The standard InChI is InChI=1S/C15H21N5/c1-5-10-16-14-17-13(18-15(19-14)20(3)4)12-9-7-6-8-11(12)2/h6-9H,5,10H2,1-4H3,(H,16,17,18,19). The molecule has 0 aliphatic rings. The number of nitrogens with zero attached hydrogens (tertiary/aromatic N) is 4. The van der Waals surface area contributed by atoms with Crippen LogP contribution in [-0.2, 0) is 0 Å². The van der Waals surface area contributed by atoms with E-state index >= 15 is 0 Å². The fraction of sp³-hybridized carbons (Fsp3) is 0.400. The average molecular weight is 271 g/mol. The van der Waals surface area contributed by atoms with E-state index in [-0.39, 0.29) is 0 Å². The smallest absolute Gasteiger partial charge is 0.230 e. The Balaban J connectivity index is 2.46. The van der Waals surface area contributed by atoms with Gasteiger partial charge in [0.25, 0.3) is 0 Å². The molecule has 0 amide bonds. The molecule has 106 valence electrons. The topological polar surface area (TPSA) is 53.9 Å². The van der Waals surface area contributed by atoms with E-state index in [1.807, 2.05) is 37.2 Å². The van der Waals surface area contributed by atoms with Crippen molar-refractivity contribution in [3.63, 3.8) is 0 Å². The van der Waals surface area contributed by atoms with Gasteiger partial charge in [-0.25, -0.2) is 0 Å². The first kappa shape index (κ1) is 14.2. The van der Waals surface area contributed by atoms with Crippen LogP contribution in [0.4, 0.5) is 11.9 Å². The maximum atomic E-state index is 4.54. The lowest BCUT2D eigenvalue weighted by Crippen LogP contribution is -2.16. The van der Waals surface area contributed by atoms with Crippen molar-refractivity contribution in [3.8, 4) is 11.4 Å². The molecule has 1 aromatic carbocycles. The van der Waals surface area contributed by atoms with Gasteiger partial charge in [-0.3, -0.25) is 0 Å². The van der Waals surface area contributed by atoms with Crippen LogP contribution in [0.25, 0.3) is 11.4 Å². The molecule has 0 spiro atoms. The molecule has 0 fully saturated rings. The predicted octanol–water partition coefficient (Wildman–Crippen LogP) is 2.73. The van der Waals surface area contributed by atoms with E-state index in [0.717, 1.165) is 24.1 Å². The Kier molecular flexibility index (Phi) is 4.50. The first-order valence-electron chi connectivity index (χ1n) is 6.85. The van der Waals surface area contributed by atoms with Crippen molar-refractivity contribution in [1.82, 2.24) is 15.0 Å². The molecular formula is C15H21N5. The van der Waals surface area contributed by atoms with Crippen LogP contribution in [0.15, 0.2) is 24.3 Å². The maximum absolute atomic E-state index is 4.54. The summed E-state index contributed by atoms with van der Waals surface area (Å²) in [5.41, 5.74) is 2.20. The van der Waals surface area contributed by atoms with E-state index in [1.54, 1.807) is 0 Å². The van der Waals surface area contributed by atoms with Crippen LogP contribution in [0.2, 0.25) is 0 Å². The fourth-order valence-electron chi connectivity index (χ4n) is 1.82. The Hall–Kier alpha value is -2.17. The summed E-state index contributed by atoms with van der Waals surface area (Å²) < 4.78 is 0. The molecular weight excluding hydrogens is 250 g/mol. The number of rotatable bonds is 5. The summed E-state index contributed by atoms with van der Waals surface area (Å²) in [7, 11) is 3.86. The van der Waals surface area contributed by atoms with E-state index in [1.165, 1.54) is 0 Å². The van der Waals surface area contributed by atoms with E-state index in [0.29, 0.717) is 17.7 Å². The normalized spacial score (nSPS) is 10.4. The summed E-state index contributed by atoms with van der Waals surface area (Å²) in [5.74, 6) is 2.00. The zero-order chi connectivity index (χ0) is 14.5. The van der Waals surface area contributed by atoms with Crippen molar-refractivity contribution in [2.24, 2.45) is 0 Å². The van der Waals surface area contributed by atoms with Crippen molar-refractivity contribution in [2.45, 2.75) is 20.3 Å². The van der Waals surface area contributed by atoms with Crippen LogP contribution in [0.1, 0.15) is 18.9 Å². The summed E-state index contributed by atoms with van der Waals surface area (Å²) in [6, 6.07) is 8.12. The molecule has 5 heteroatoms. The molecule has 1 heterocycles. The summed E-state index contributed by atoms with van der Waals surface area (Å²) in [4.78, 5) is 15.4. The van der Waals surface area contributed by atoms with E-state index in [4.69, 9.17) is 0 Å². The Morgan fingerprint density at radius 2 is 1.85 bits per heavy atom. The molecule has 0 radical (unpaired) electrons. The Morgan fingerprint density at radius 1 is 1.10 bits per heavy atom. The second-order valence-electron chi connectivity index (χ2n) is 4.92. The van der Waals surface area contributed by atoms with Gasteiger partial charge in [0.05, 0.1) is 0 Å². The van der Waals surface area contributed by atoms with E-state index < -0.39 is 0 Å². The summed E-state index contributed by atoms with van der Waals surface area (Å²) in [6.45, 7) is 5.03. The SMILES string of the molecule is CCCNc1nc(-c2ccccc2C)nc(N(C)C)n1. The van der Waals surface area contributed by atoms with Crippen LogP contribution in [0.5, 0.6) is 0 Å². The van der Waals surface area contributed by atoms with Gasteiger partial charge in [-0.05, 0) is 18.9 Å². The van der Waals surface area contributed by atoms with Crippen LogP contribution >= 0.6 is 0 Å². The molecule has 0 unspecified atom stereocenters. The maximum Gasteiger partial charge on any atom is 0.230 e. The lowest BCUT2D eigenvalue weighted by Gasteiger charge is -2.14. The van der Waals surface area contributed by atoms with Gasteiger partial charge in [-0.2, -0.15) is 15.0 Å². The Bertz CT molecular complexity index is 580. The summed E-state index contributed by atoms with van der Waals surface area (Å²) >= 11 is 0. The highest BCUT2D eigenvalue weighted by molar-refractivity contribution is 5.62. The summed E-state index contributed by atoms with van der Waals surface area (Å²) in [5, 5.41) is 3.23. The number of anilines is 2. The third kappa shape index (κ3) is 3.23. The zero-order valence-electron chi connectivity index (χ0n) is 12.5. The molecule has 0 saturated carbocycles. The number of nitrogens with one attached hydrogen (secondary N) is 1. The van der Waals surface area contributed by atoms with Gasteiger partial charge in [0.15, 0.2) is 5.82 Å². The predicted molar refractivity (Wildman–Crippen MR) is 83.1 cm³/mol. The van der Waals surface area contributed by atoms with Gasteiger partial charge in [0.2, 0.25) is 11.9 Å². The second-order valence-corrected chi connectivity index (χ2v) is 4.92. The van der Waals surface area contributed by atoms with Crippen LogP contribution in [0.3, 0.4) is 0 Å². The lowest BCUT2D eigenvalue weighted by molar-refractivity contribution is 0.919. The monoisotopic (exact) mass is 271 g/mol. The van der Waals surface area contributed by atoms with E-state index in [9.17, 15) is 0 Å². The van der Waals surface area contributed by atoms with Crippen molar-refractivity contribution in [2.75, 3.05) is 30.9 Å². The highest BCUT2D eigenvalue weighted by atomic mass is 15.3. The number of aromatic nitrogens is 3. The highest BCUT2D eigenvalue weighted by Gasteiger charge is 2.11. The molecule has 2 rings (SSSR count). The van der Waals surface area contributed by atoms with Gasteiger partial charge < -0.3 is 10.2 Å². The Morgan fingerprint density at radius 3 is 2.50 bits per heavy atom. The van der Waals surface area contributed by atoms with Crippen molar-refractivity contribution in [3.05, 3.63) is 29.8 Å². The number of hydrogen-bond donors (Lipinski definition) is 1. The molecule has 0 bridgehead atoms. The first-order valence-corrected chi connectivity index (χ1v) is 6.85. The molecule has 0 atom stereocenters. The minimum atomic E-state index is 0.629. The zero-order valence-corrected chi connectivity index (χ0v) is 12.5. The number of hydrogen-bond acceptors (Lipinski definition) is 5. The van der Waals surface area contributed by atoms with Gasteiger partial charge in [-0.15, -0.1) is 0 Å².